The number of nitrogens with one attached hydrogen (secondary N) is 2. The van der Waals surface area contributed by atoms with Crippen LogP contribution < -0.4 is 21.1 Å². The standard InChI is InChI=1S/C21H24N4O6/c1-13(26)23-18(10-14-6-4-3-5-7-14)21(28)24-17(20(22)27)12-15-11-16(25(29)30)8-9-19(15)31-2/h3-9,11,17-18H,10,12H2,1-2H3,(H2,22,27)(H,23,26)(H,24,28)/t17-,18+/m0/s1. The van der Waals surface area contributed by atoms with Gasteiger partial charge in [0.25, 0.3) is 5.69 Å². The summed E-state index contributed by atoms with van der Waals surface area (Å²) >= 11 is 0. The van der Waals surface area contributed by atoms with Crippen molar-refractivity contribution in [3.8, 4) is 5.75 Å². The average Bonchev–Trinajstić information content (AvgIpc) is 2.72. The molecule has 2 aromatic rings. The largest absolute Gasteiger partial charge is 0.496 e. The van der Waals surface area contributed by atoms with Crippen molar-refractivity contribution in [1.29, 1.82) is 0 Å². The Kier molecular flexibility index (Phi) is 8.07. The molecule has 10 nitrogen and oxygen atoms in total. The zero-order valence-corrected chi connectivity index (χ0v) is 17.2. The number of hydrogen-bond acceptors (Lipinski definition) is 6. The van der Waals surface area contributed by atoms with E-state index in [1.165, 1.54) is 32.2 Å². The smallest absolute Gasteiger partial charge is 0.269 e. The number of carbonyl (C=O) groups is 3. The molecule has 2 rings (SSSR count). The van der Waals surface area contributed by atoms with Crippen LogP contribution in [0.15, 0.2) is 48.5 Å². The number of carbonyl (C=O) groups excluding carboxylic acids is 3. The maximum Gasteiger partial charge on any atom is 0.269 e. The molecule has 2 atom stereocenters. The highest BCUT2D eigenvalue weighted by Crippen LogP contribution is 2.25. The summed E-state index contributed by atoms with van der Waals surface area (Å²) in [4.78, 5) is 46.9. The Morgan fingerprint density at radius 3 is 2.29 bits per heavy atom. The second-order valence-corrected chi connectivity index (χ2v) is 6.86. The van der Waals surface area contributed by atoms with Crippen LogP contribution in [0.5, 0.6) is 5.75 Å². The molecule has 2 aromatic carbocycles. The average molecular weight is 428 g/mol. The van der Waals surface area contributed by atoms with E-state index in [0.29, 0.717) is 11.3 Å². The van der Waals surface area contributed by atoms with E-state index in [-0.39, 0.29) is 18.5 Å². The van der Waals surface area contributed by atoms with Crippen molar-refractivity contribution in [1.82, 2.24) is 10.6 Å². The topological polar surface area (TPSA) is 154 Å². The number of nitrogens with two attached hydrogens (primary N) is 1. The van der Waals surface area contributed by atoms with Gasteiger partial charge in [-0.25, -0.2) is 0 Å². The molecule has 0 bridgehead atoms. The monoisotopic (exact) mass is 428 g/mol. The van der Waals surface area contributed by atoms with Crippen molar-refractivity contribution >= 4 is 23.4 Å². The summed E-state index contributed by atoms with van der Waals surface area (Å²) in [6.07, 6.45) is 0.0852. The number of methoxy groups -OCH3 is 1. The second-order valence-electron chi connectivity index (χ2n) is 6.86. The molecule has 164 valence electrons. The number of nitro groups is 1. The molecule has 0 saturated carbocycles. The van der Waals surface area contributed by atoms with Gasteiger partial charge in [0, 0.05) is 37.5 Å². The number of hydrogen-bond donors (Lipinski definition) is 3. The number of nitro benzene ring substituents is 1. The molecule has 0 aromatic heterocycles. The Morgan fingerprint density at radius 2 is 1.74 bits per heavy atom. The van der Waals surface area contributed by atoms with Crippen molar-refractivity contribution in [2.75, 3.05) is 7.11 Å². The summed E-state index contributed by atoms with van der Waals surface area (Å²) in [6.45, 7) is 1.28. The van der Waals surface area contributed by atoms with Crippen LogP contribution in [0.25, 0.3) is 0 Å². The molecule has 0 aliphatic rings. The molecule has 0 saturated heterocycles. The van der Waals surface area contributed by atoms with E-state index in [4.69, 9.17) is 10.5 Å². The molecule has 4 N–H and O–H groups in total. The molecule has 3 amide bonds. The summed E-state index contributed by atoms with van der Waals surface area (Å²) < 4.78 is 5.20. The van der Waals surface area contributed by atoms with E-state index < -0.39 is 34.7 Å². The van der Waals surface area contributed by atoms with Gasteiger partial charge in [0.05, 0.1) is 12.0 Å². The van der Waals surface area contributed by atoms with Gasteiger partial charge in [0.15, 0.2) is 0 Å². The minimum absolute atomic E-state index is 0.121. The predicted molar refractivity (Wildman–Crippen MR) is 112 cm³/mol. The van der Waals surface area contributed by atoms with Crippen LogP contribution in [0, 0.1) is 10.1 Å². The van der Waals surface area contributed by atoms with Crippen molar-refractivity contribution in [3.05, 3.63) is 69.8 Å². The fourth-order valence-corrected chi connectivity index (χ4v) is 3.06. The molecular formula is C21H24N4O6. The van der Waals surface area contributed by atoms with Crippen LogP contribution in [0.1, 0.15) is 18.1 Å². The number of rotatable bonds is 10. The van der Waals surface area contributed by atoms with E-state index in [1.807, 2.05) is 18.2 Å². The maximum atomic E-state index is 12.8. The first-order chi connectivity index (χ1) is 14.7. The van der Waals surface area contributed by atoms with Gasteiger partial charge in [-0.15, -0.1) is 0 Å². The number of amides is 3. The number of benzene rings is 2. The summed E-state index contributed by atoms with van der Waals surface area (Å²) in [5.41, 5.74) is 6.42. The van der Waals surface area contributed by atoms with Crippen LogP contribution in [0.4, 0.5) is 5.69 Å². The van der Waals surface area contributed by atoms with E-state index in [9.17, 15) is 24.5 Å². The summed E-state index contributed by atoms with van der Waals surface area (Å²) in [7, 11) is 1.38. The van der Waals surface area contributed by atoms with Crippen LogP contribution in [0.2, 0.25) is 0 Å². The number of ether oxygens (including phenoxy) is 1. The fourth-order valence-electron chi connectivity index (χ4n) is 3.06. The molecule has 10 heteroatoms. The lowest BCUT2D eigenvalue weighted by molar-refractivity contribution is -0.384. The van der Waals surface area contributed by atoms with Gasteiger partial charge in [-0.2, -0.15) is 0 Å². The molecule has 0 aliphatic carbocycles. The van der Waals surface area contributed by atoms with Gasteiger partial charge in [-0.1, -0.05) is 30.3 Å². The minimum atomic E-state index is -1.17. The van der Waals surface area contributed by atoms with Crippen LogP contribution >= 0.6 is 0 Å². The Labute approximate surface area is 178 Å². The number of primary amides is 1. The summed E-state index contributed by atoms with van der Waals surface area (Å²) in [5.74, 6) is -1.53. The predicted octanol–water partition coefficient (Wildman–Crippen LogP) is 0.863. The highest BCUT2D eigenvalue weighted by atomic mass is 16.6. The lowest BCUT2D eigenvalue weighted by atomic mass is 10.0. The molecule has 31 heavy (non-hydrogen) atoms. The van der Waals surface area contributed by atoms with E-state index >= 15 is 0 Å². The van der Waals surface area contributed by atoms with Crippen LogP contribution in [-0.4, -0.2) is 41.8 Å². The Hall–Kier alpha value is -3.95. The van der Waals surface area contributed by atoms with Crippen LogP contribution in [0.3, 0.4) is 0 Å². The molecule has 0 fully saturated rings. The normalized spacial score (nSPS) is 12.3. The lowest BCUT2D eigenvalue weighted by Gasteiger charge is -2.22. The number of non-ortho nitro benzene ring substituents is 1. The van der Waals surface area contributed by atoms with Crippen LogP contribution in [-0.2, 0) is 27.2 Å². The first kappa shape index (κ1) is 23.3. The third-order valence-corrected chi connectivity index (χ3v) is 4.54. The van der Waals surface area contributed by atoms with Crippen molar-refractivity contribution < 1.29 is 24.0 Å². The fraction of sp³-hybridized carbons (Fsp3) is 0.286. The van der Waals surface area contributed by atoms with Crippen molar-refractivity contribution in [2.24, 2.45) is 5.73 Å². The first-order valence-electron chi connectivity index (χ1n) is 9.43. The SMILES string of the molecule is COc1ccc([N+](=O)[O-])cc1C[C@H](NC(=O)[C@@H](Cc1ccccc1)NC(C)=O)C(N)=O. The molecule has 0 heterocycles. The highest BCUT2D eigenvalue weighted by Gasteiger charge is 2.27. The molecule has 0 radical (unpaired) electrons. The highest BCUT2D eigenvalue weighted by molar-refractivity contribution is 5.91. The van der Waals surface area contributed by atoms with Gasteiger partial charge in [-0.05, 0) is 11.6 Å². The summed E-state index contributed by atoms with van der Waals surface area (Å²) in [5, 5.41) is 16.2. The lowest BCUT2D eigenvalue weighted by Crippen LogP contribution is -2.54. The molecule has 0 unspecified atom stereocenters. The van der Waals surface area contributed by atoms with Gasteiger partial charge < -0.3 is 21.1 Å². The van der Waals surface area contributed by atoms with Gasteiger partial charge in [0.1, 0.15) is 17.8 Å². The van der Waals surface area contributed by atoms with E-state index in [1.54, 1.807) is 12.1 Å². The first-order valence-corrected chi connectivity index (χ1v) is 9.43. The number of nitrogens with zero attached hydrogens (tertiary/aromatic N) is 1. The Bertz CT molecular complexity index is 964. The third-order valence-electron chi connectivity index (χ3n) is 4.54. The summed E-state index contributed by atoms with van der Waals surface area (Å²) in [6, 6.07) is 10.9. The van der Waals surface area contributed by atoms with E-state index in [0.717, 1.165) is 5.56 Å². The van der Waals surface area contributed by atoms with Gasteiger partial charge >= 0.3 is 0 Å². The van der Waals surface area contributed by atoms with Gasteiger partial charge in [-0.3, -0.25) is 24.5 Å². The zero-order chi connectivity index (χ0) is 23.0. The minimum Gasteiger partial charge on any atom is -0.496 e. The molecule has 0 spiro atoms. The van der Waals surface area contributed by atoms with Gasteiger partial charge in [0.2, 0.25) is 17.7 Å². The second kappa shape index (κ2) is 10.7. The van der Waals surface area contributed by atoms with Crippen molar-refractivity contribution in [3.63, 3.8) is 0 Å². The zero-order valence-electron chi connectivity index (χ0n) is 17.2. The maximum absolute atomic E-state index is 12.8. The molecular weight excluding hydrogens is 404 g/mol. The third kappa shape index (κ3) is 6.81. The Morgan fingerprint density at radius 1 is 1.06 bits per heavy atom. The van der Waals surface area contributed by atoms with Crippen molar-refractivity contribution in [2.45, 2.75) is 31.8 Å². The van der Waals surface area contributed by atoms with E-state index in [2.05, 4.69) is 10.6 Å². The Balaban J connectivity index is 2.23. The molecule has 0 aliphatic heterocycles. The quantitative estimate of drug-likeness (QED) is 0.377.